The summed E-state index contributed by atoms with van der Waals surface area (Å²) in [6.45, 7) is 3.22. The second-order valence-corrected chi connectivity index (χ2v) is 6.88. The molecule has 2 heterocycles. The molecule has 0 radical (unpaired) electrons. The summed E-state index contributed by atoms with van der Waals surface area (Å²) in [6.07, 6.45) is 0. The van der Waals surface area contributed by atoms with Gasteiger partial charge in [-0.2, -0.15) is 0 Å². The molecule has 6 heteroatoms. The highest BCUT2D eigenvalue weighted by Crippen LogP contribution is 2.33. The van der Waals surface area contributed by atoms with E-state index in [-0.39, 0.29) is 11.7 Å². The molecule has 1 N–H and O–H groups in total. The predicted molar refractivity (Wildman–Crippen MR) is 95.1 cm³/mol. The molecule has 1 aromatic heterocycles. The van der Waals surface area contributed by atoms with E-state index in [0.29, 0.717) is 41.3 Å². The van der Waals surface area contributed by atoms with Gasteiger partial charge in [0, 0.05) is 16.6 Å². The molecule has 2 aromatic carbocycles. The summed E-state index contributed by atoms with van der Waals surface area (Å²) in [7, 11) is 0. The number of nitrogens with one attached hydrogen (secondary N) is 1. The van der Waals surface area contributed by atoms with Crippen molar-refractivity contribution in [1.29, 1.82) is 0 Å². The lowest BCUT2D eigenvalue weighted by atomic mass is 10.1. The maximum absolute atomic E-state index is 14.0. The molecule has 0 fully saturated rings. The van der Waals surface area contributed by atoms with Crippen LogP contribution in [0.2, 0.25) is 0 Å². The molecule has 25 heavy (non-hydrogen) atoms. The fraction of sp³-hybridized carbons (Fsp3) is 0.211. The van der Waals surface area contributed by atoms with Crippen LogP contribution in [0.5, 0.6) is 11.5 Å². The summed E-state index contributed by atoms with van der Waals surface area (Å²) >= 11 is 1.31. The Morgan fingerprint density at radius 1 is 1.20 bits per heavy atom. The molecule has 4 rings (SSSR count). The Morgan fingerprint density at radius 2 is 2.00 bits per heavy atom. The molecule has 0 bridgehead atoms. The maximum atomic E-state index is 14.0. The first-order valence-electron chi connectivity index (χ1n) is 7.98. The van der Waals surface area contributed by atoms with E-state index in [1.807, 2.05) is 24.3 Å². The fourth-order valence-corrected chi connectivity index (χ4v) is 4.07. The van der Waals surface area contributed by atoms with Crippen LogP contribution in [-0.2, 0) is 6.54 Å². The van der Waals surface area contributed by atoms with Gasteiger partial charge >= 0.3 is 0 Å². The van der Waals surface area contributed by atoms with Gasteiger partial charge in [0.1, 0.15) is 19.0 Å². The van der Waals surface area contributed by atoms with Gasteiger partial charge in [-0.15, -0.1) is 11.3 Å². The molecular weight excluding hydrogens is 341 g/mol. The van der Waals surface area contributed by atoms with Crippen molar-refractivity contribution in [3.63, 3.8) is 0 Å². The molecule has 0 spiro atoms. The monoisotopic (exact) mass is 357 g/mol. The van der Waals surface area contributed by atoms with Gasteiger partial charge < -0.3 is 14.8 Å². The van der Waals surface area contributed by atoms with Crippen LogP contribution in [0, 0.1) is 12.7 Å². The molecule has 3 aromatic rings. The Bertz CT molecular complexity index is 967. The van der Waals surface area contributed by atoms with Crippen molar-refractivity contribution >= 4 is 27.3 Å². The minimum absolute atomic E-state index is 0.201. The van der Waals surface area contributed by atoms with Gasteiger partial charge in [0.2, 0.25) is 0 Å². The van der Waals surface area contributed by atoms with Gasteiger partial charge in [0.15, 0.2) is 11.5 Å². The molecule has 128 valence electrons. The minimum atomic E-state index is -0.294. The number of fused-ring (bicyclic) bond motifs is 2. The number of aryl methyl sites for hydroxylation is 1. The smallest absolute Gasteiger partial charge is 0.261 e. The van der Waals surface area contributed by atoms with E-state index < -0.39 is 0 Å². The zero-order chi connectivity index (χ0) is 17.4. The van der Waals surface area contributed by atoms with Crippen molar-refractivity contribution in [2.24, 2.45) is 0 Å². The lowest BCUT2D eigenvalue weighted by Crippen LogP contribution is -2.22. The van der Waals surface area contributed by atoms with E-state index in [9.17, 15) is 9.18 Å². The second-order valence-electron chi connectivity index (χ2n) is 5.83. The lowest BCUT2D eigenvalue weighted by Gasteiger charge is -2.18. The third kappa shape index (κ3) is 2.93. The molecule has 1 aliphatic heterocycles. The molecule has 4 nitrogen and oxygen atoms in total. The SMILES string of the molecule is Cc1c(C(=O)NCc2ccc3c(c2)OCCO3)sc2cccc(F)c12. The van der Waals surface area contributed by atoms with E-state index in [4.69, 9.17) is 9.47 Å². The number of thiophene rings is 1. The van der Waals surface area contributed by atoms with Crippen LogP contribution >= 0.6 is 11.3 Å². The largest absolute Gasteiger partial charge is 0.486 e. The van der Waals surface area contributed by atoms with Crippen LogP contribution in [0.25, 0.3) is 10.1 Å². The van der Waals surface area contributed by atoms with E-state index in [2.05, 4.69) is 5.32 Å². The van der Waals surface area contributed by atoms with Gasteiger partial charge in [0.05, 0.1) is 4.88 Å². The van der Waals surface area contributed by atoms with Crippen LogP contribution in [0.3, 0.4) is 0 Å². The Morgan fingerprint density at radius 3 is 2.80 bits per heavy atom. The molecule has 1 aliphatic rings. The van der Waals surface area contributed by atoms with Gasteiger partial charge in [-0.05, 0) is 42.3 Å². The molecule has 0 saturated heterocycles. The quantitative estimate of drug-likeness (QED) is 0.769. The first-order valence-corrected chi connectivity index (χ1v) is 8.79. The number of hydrogen-bond acceptors (Lipinski definition) is 4. The summed E-state index contributed by atoms with van der Waals surface area (Å²) in [6, 6.07) is 10.5. The van der Waals surface area contributed by atoms with Crippen LogP contribution in [0.1, 0.15) is 20.8 Å². The number of amides is 1. The van der Waals surface area contributed by atoms with Crippen molar-refractivity contribution in [2.75, 3.05) is 13.2 Å². The number of hydrogen-bond donors (Lipinski definition) is 1. The van der Waals surface area contributed by atoms with Gasteiger partial charge in [0.25, 0.3) is 5.91 Å². The summed E-state index contributed by atoms with van der Waals surface area (Å²) in [5.41, 5.74) is 1.60. The van der Waals surface area contributed by atoms with E-state index in [1.165, 1.54) is 17.4 Å². The van der Waals surface area contributed by atoms with Crippen molar-refractivity contribution in [3.8, 4) is 11.5 Å². The van der Waals surface area contributed by atoms with Crippen molar-refractivity contribution in [1.82, 2.24) is 5.32 Å². The number of ether oxygens (including phenoxy) is 2. The van der Waals surface area contributed by atoms with E-state index >= 15 is 0 Å². The van der Waals surface area contributed by atoms with Gasteiger partial charge in [-0.3, -0.25) is 4.79 Å². The molecule has 0 atom stereocenters. The average molecular weight is 357 g/mol. The third-order valence-electron chi connectivity index (χ3n) is 4.17. The highest BCUT2D eigenvalue weighted by Gasteiger charge is 2.18. The first kappa shape index (κ1) is 15.9. The average Bonchev–Trinajstić information content (AvgIpc) is 2.97. The summed E-state index contributed by atoms with van der Waals surface area (Å²) in [5, 5.41) is 3.42. The highest BCUT2D eigenvalue weighted by atomic mass is 32.1. The molecule has 0 saturated carbocycles. The number of benzene rings is 2. The maximum Gasteiger partial charge on any atom is 0.261 e. The topological polar surface area (TPSA) is 47.6 Å². The minimum Gasteiger partial charge on any atom is -0.486 e. The summed E-state index contributed by atoms with van der Waals surface area (Å²) in [4.78, 5) is 13.1. The lowest BCUT2D eigenvalue weighted by molar-refractivity contribution is 0.0954. The van der Waals surface area contributed by atoms with Crippen LogP contribution in [0.4, 0.5) is 4.39 Å². The Balaban J connectivity index is 1.53. The Kier molecular flexibility index (Phi) is 4.05. The Hall–Kier alpha value is -2.60. The standard InChI is InChI=1S/C19H16FNO3S/c1-11-17-13(20)3-2-4-16(17)25-18(11)19(22)21-10-12-5-6-14-15(9-12)24-8-7-23-14/h2-6,9H,7-8,10H2,1H3,(H,21,22). The number of halogens is 1. The molecular formula is C19H16FNO3S. The number of carbonyl (C=O) groups excluding carboxylic acids is 1. The highest BCUT2D eigenvalue weighted by molar-refractivity contribution is 7.21. The third-order valence-corrected chi connectivity index (χ3v) is 5.42. The zero-order valence-electron chi connectivity index (χ0n) is 13.6. The van der Waals surface area contributed by atoms with Gasteiger partial charge in [-0.1, -0.05) is 12.1 Å². The van der Waals surface area contributed by atoms with Crippen LogP contribution < -0.4 is 14.8 Å². The summed E-state index contributed by atoms with van der Waals surface area (Å²) < 4.78 is 25.8. The normalized spacial score (nSPS) is 13.0. The van der Waals surface area contributed by atoms with Crippen molar-refractivity contribution in [2.45, 2.75) is 13.5 Å². The van der Waals surface area contributed by atoms with Crippen molar-refractivity contribution in [3.05, 3.63) is 58.2 Å². The number of carbonyl (C=O) groups is 1. The molecule has 0 aliphatic carbocycles. The second kappa shape index (κ2) is 6.37. The van der Waals surface area contributed by atoms with Crippen molar-refractivity contribution < 1.29 is 18.7 Å². The fourth-order valence-electron chi connectivity index (χ4n) is 2.93. The van der Waals surface area contributed by atoms with Crippen LogP contribution in [0.15, 0.2) is 36.4 Å². The van der Waals surface area contributed by atoms with E-state index in [1.54, 1.807) is 13.0 Å². The zero-order valence-corrected chi connectivity index (χ0v) is 14.4. The summed E-state index contributed by atoms with van der Waals surface area (Å²) in [5.74, 6) is 0.917. The first-order chi connectivity index (χ1) is 12.1. The molecule has 0 unspecified atom stereocenters. The van der Waals surface area contributed by atoms with E-state index in [0.717, 1.165) is 16.0 Å². The molecule has 1 amide bonds. The van der Waals surface area contributed by atoms with Crippen LogP contribution in [-0.4, -0.2) is 19.1 Å². The van der Waals surface area contributed by atoms with Gasteiger partial charge in [-0.25, -0.2) is 4.39 Å². The number of rotatable bonds is 3. The Labute approximate surface area is 148 Å². The predicted octanol–water partition coefficient (Wildman–Crippen LogP) is 4.05.